The van der Waals surface area contributed by atoms with Gasteiger partial charge in [-0.15, -0.1) is 0 Å². The van der Waals surface area contributed by atoms with Crippen LogP contribution in [-0.2, 0) is 6.61 Å². The number of hydrogen-bond donors (Lipinski definition) is 1. The molecule has 2 heterocycles. The third-order valence-corrected chi connectivity index (χ3v) is 2.36. The summed E-state index contributed by atoms with van der Waals surface area (Å²) < 4.78 is 0. The second kappa shape index (κ2) is 2.60. The van der Waals surface area contributed by atoms with Crippen molar-refractivity contribution in [1.29, 1.82) is 0 Å². The zero-order valence-corrected chi connectivity index (χ0v) is 6.64. The van der Waals surface area contributed by atoms with Crippen molar-refractivity contribution in [3.05, 3.63) is 28.7 Å². The molecule has 56 valence electrons. The Kier molecular flexibility index (Phi) is 1.60. The highest BCUT2D eigenvalue weighted by Crippen LogP contribution is 2.18. The Bertz CT molecular complexity index is 369. The molecule has 0 aliphatic rings. The Morgan fingerprint density at radius 3 is 3.00 bits per heavy atom. The molecule has 2 nitrogen and oxygen atoms in total. The summed E-state index contributed by atoms with van der Waals surface area (Å²) in [6.07, 6.45) is 1.79. The summed E-state index contributed by atoms with van der Waals surface area (Å²) >= 11 is 1.65. The third-order valence-electron chi connectivity index (χ3n) is 1.58. The zero-order valence-electron chi connectivity index (χ0n) is 5.82. The lowest BCUT2D eigenvalue weighted by Gasteiger charge is -1.93. The van der Waals surface area contributed by atoms with E-state index < -0.39 is 0 Å². The molecule has 0 saturated heterocycles. The number of pyridine rings is 1. The first kappa shape index (κ1) is 6.76. The Labute approximate surface area is 68.1 Å². The molecular formula is C8H7NOS. The number of fused-ring (bicyclic) bond motifs is 1. The highest BCUT2D eigenvalue weighted by Gasteiger charge is 1.96. The van der Waals surface area contributed by atoms with Gasteiger partial charge >= 0.3 is 0 Å². The van der Waals surface area contributed by atoms with E-state index in [9.17, 15) is 0 Å². The fraction of sp³-hybridized carbons (Fsp3) is 0.125. The summed E-state index contributed by atoms with van der Waals surface area (Å²) in [5, 5.41) is 15.2. The van der Waals surface area contributed by atoms with Crippen LogP contribution >= 0.6 is 11.3 Å². The van der Waals surface area contributed by atoms with Gasteiger partial charge < -0.3 is 5.11 Å². The summed E-state index contributed by atoms with van der Waals surface area (Å²) in [4.78, 5) is 4.05. The zero-order chi connectivity index (χ0) is 7.68. The van der Waals surface area contributed by atoms with Gasteiger partial charge in [-0.1, -0.05) is 0 Å². The first-order chi connectivity index (χ1) is 5.40. The molecule has 0 saturated carbocycles. The molecule has 0 radical (unpaired) electrons. The SMILES string of the molecule is OCc1cc2cscc2cn1. The minimum Gasteiger partial charge on any atom is -0.390 e. The van der Waals surface area contributed by atoms with Crippen LogP contribution < -0.4 is 0 Å². The van der Waals surface area contributed by atoms with Gasteiger partial charge in [0.25, 0.3) is 0 Å². The maximum atomic E-state index is 8.78. The van der Waals surface area contributed by atoms with Crippen LogP contribution in [-0.4, -0.2) is 10.1 Å². The number of aliphatic hydroxyl groups is 1. The lowest BCUT2D eigenvalue weighted by atomic mass is 10.2. The lowest BCUT2D eigenvalue weighted by molar-refractivity contribution is 0.277. The molecule has 0 aliphatic heterocycles. The van der Waals surface area contributed by atoms with Gasteiger partial charge in [-0.2, -0.15) is 11.3 Å². The van der Waals surface area contributed by atoms with Crippen LogP contribution in [0.3, 0.4) is 0 Å². The van der Waals surface area contributed by atoms with Gasteiger partial charge in [-0.25, -0.2) is 0 Å². The Morgan fingerprint density at radius 2 is 2.18 bits per heavy atom. The van der Waals surface area contributed by atoms with Crippen molar-refractivity contribution in [3.8, 4) is 0 Å². The predicted molar refractivity (Wildman–Crippen MR) is 45.5 cm³/mol. The van der Waals surface area contributed by atoms with Crippen LogP contribution in [0.1, 0.15) is 5.69 Å². The van der Waals surface area contributed by atoms with E-state index in [-0.39, 0.29) is 6.61 Å². The Balaban J connectivity index is 2.67. The molecule has 3 heteroatoms. The molecule has 11 heavy (non-hydrogen) atoms. The summed E-state index contributed by atoms with van der Waals surface area (Å²) in [5.41, 5.74) is 0.732. The molecule has 2 rings (SSSR count). The van der Waals surface area contributed by atoms with Gasteiger partial charge in [0.05, 0.1) is 12.3 Å². The van der Waals surface area contributed by atoms with Crippen LogP contribution in [0.2, 0.25) is 0 Å². The number of aliphatic hydroxyl groups excluding tert-OH is 1. The largest absolute Gasteiger partial charge is 0.390 e. The topological polar surface area (TPSA) is 33.1 Å². The predicted octanol–water partition coefficient (Wildman–Crippen LogP) is 1.79. The van der Waals surface area contributed by atoms with Crippen LogP contribution in [0.25, 0.3) is 10.8 Å². The van der Waals surface area contributed by atoms with E-state index in [1.165, 1.54) is 0 Å². The second-order valence-electron chi connectivity index (χ2n) is 2.33. The number of rotatable bonds is 1. The average Bonchev–Trinajstić information content (AvgIpc) is 2.50. The molecule has 0 aromatic carbocycles. The van der Waals surface area contributed by atoms with E-state index in [1.54, 1.807) is 17.5 Å². The molecule has 0 amide bonds. The van der Waals surface area contributed by atoms with E-state index in [4.69, 9.17) is 5.11 Å². The van der Waals surface area contributed by atoms with Crippen molar-refractivity contribution in [2.24, 2.45) is 0 Å². The monoisotopic (exact) mass is 165 g/mol. The normalized spacial score (nSPS) is 10.6. The molecule has 2 aromatic rings. The molecule has 2 aromatic heterocycles. The molecule has 1 N–H and O–H groups in total. The quantitative estimate of drug-likeness (QED) is 0.698. The third kappa shape index (κ3) is 1.13. The van der Waals surface area contributed by atoms with Crippen molar-refractivity contribution in [2.75, 3.05) is 0 Å². The van der Waals surface area contributed by atoms with Gasteiger partial charge in [0, 0.05) is 17.0 Å². The smallest absolute Gasteiger partial charge is 0.0853 e. The van der Waals surface area contributed by atoms with E-state index in [2.05, 4.69) is 10.4 Å². The summed E-state index contributed by atoms with van der Waals surface area (Å²) in [6, 6.07) is 1.91. The molecule has 0 bridgehead atoms. The van der Waals surface area contributed by atoms with Gasteiger partial charge in [-0.05, 0) is 16.8 Å². The fourth-order valence-corrected chi connectivity index (χ4v) is 1.76. The summed E-state index contributed by atoms with van der Waals surface area (Å²) in [7, 11) is 0. The van der Waals surface area contributed by atoms with Gasteiger partial charge in [0.1, 0.15) is 0 Å². The first-order valence-corrected chi connectivity index (χ1v) is 4.26. The van der Waals surface area contributed by atoms with E-state index in [0.29, 0.717) is 0 Å². The van der Waals surface area contributed by atoms with Gasteiger partial charge in [-0.3, -0.25) is 4.98 Å². The van der Waals surface area contributed by atoms with Crippen LogP contribution in [0, 0.1) is 0 Å². The van der Waals surface area contributed by atoms with Crippen LogP contribution in [0.4, 0.5) is 0 Å². The number of thiophene rings is 1. The van der Waals surface area contributed by atoms with Crippen molar-refractivity contribution in [1.82, 2.24) is 4.98 Å². The fourth-order valence-electron chi connectivity index (χ4n) is 0.995. The molecular weight excluding hydrogens is 158 g/mol. The summed E-state index contributed by atoms with van der Waals surface area (Å²) in [5.74, 6) is 0. The number of hydrogen-bond acceptors (Lipinski definition) is 3. The standard InChI is InChI=1S/C8H7NOS/c10-3-8-1-6-4-11-5-7(6)2-9-8/h1-2,4-5,10H,3H2. The number of nitrogens with zero attached hydrogens (tertiary/aromatic N) is 1. The van der Waals surface area contributed by atoms with E-state index in [0.717, 1.165) is 16.5 Å². The maximum Gasteiger partial charge on any atom is 0.0853 e. The molecule has 0 aliphatic carbocycles. The second-order valence-corrected chi connectivity index (χ2v) is 3.08. The highest BCUT2D eigenvalue weighted by molar-refractivity contribution is 7.09. The highest BCUT2D eigenvalue weighted by atomic mass is 32.1. The number of aromatic nitrogens is 1. The van der Waals surface area contributed by atoms with Gasteiger partial charge in [0.2, 0.25) is 0 Å². The maximum absolute atomic E-state index is 8.78. The average molecular weight is 165 g/mol. The Hall–Kier alpha value is -0.930. The van der Waals surface area contributed by atoms with Crippen molar-refractivity contribution in [2.45, 2.75) is 6.61 Å². The van der Waals surface area contributed by atoms with Crippen molar-refractivity contribution < 1.29 is 5.11 Å². The first-order valence-electron chi connectivity index (χ1n) is 3.32. The summed E-state index contributed by atoms with van der Waals surface area (Å²) in [6.45, 7) is 0.0196. The Morgan fingerprint density at radius 1 is 1.36 bits per heavy atom. The molecule has 0 fully saturated rings. The van der Waals surface area contributed by atoms with Crippen molar-refractivity contribution >= 4 is 22.1 Å². The van der Waals surface area contributed by atoms with E-state index >= 15 is 0 Å². The van der Waals surface area contributed by atoms with Crippen molar-refractivity contribution in [3.63, 3.8) is 0 Å². The minimum absolute atomic E-state index is 0.0196. The van der Waals surface area contributed by atoms with Gasteiger partial charge in [0.15, 0.2) is 0 Å². The lowest BCUT2D eigenvalue weighted by Crippen LogP contribution is -1.85. The van der Waals surface area contributed by atoms with E-state index in [1.807, 2.05) is 11.4 Å². The van der Waals surface area contributed by atoms with Crippen LogP contribution in [0.15, 0.2) is 23.0 Å². The molecule has 0 spiro atoms. The van der Waals surface area contributed by atoms with Crippen LogP contribution in [0.5, 0.6) is 0 Å². The molecule has 0 unspecified atom stereocenters. The molecule has 0 atom stereocenters. The minimum atomic E-state index is 0.0196.